The Morgan fingerprint density at radius 1 is 1.43 bits per heavy atom. The molecule has 23 heavy (non-hydrogen) atoms. The van der Waals surface area contributed by atoms with Crippen LogP contribution in [0.3, 0.4) is 0 Å². The van der Waals surface area contributed by atoms with Crippen molar-refractivity contribution in [3.63, 3.8) is 0 Å². The first-order valence-corrected chi connectivity index (χ1v) is 8.30. The van der Waals surface area contributed by atoms with E-state index in [9.17, 15) is 9.59 Å². The summed E-state index contributed by atoms with van der Waals surface area (Å²) in [5, 5.41) is 2.87. The number of aromatic nitrogens is 2. The summed E-state index contributed by atoms with van der Waals surface area (Å²) in [7, 11) is 0. The molecule has 2 fully saturated rings. The fourth-order valence-electron chi connectivity index (χ4n) is 3.30. The minimum atomic E-state index is -0.273. The van der Waals surface area contributed by atoms with Crippen molar-refractivity contribution in [2.45, 2.75) is 44.8 Å². The number of ether oxygens (including phenoxy) is 1. The lowest BCUT2D eigenvalue weighted by Gasteiger charge is -2.43. The van der Waals surface area contributed by atoms with Gasteiger partial charge in [-0.1, -0.05) is 6.92 Å². The predicted molar refractivity (Wildman–Crippen MR) is 83.7 cm³/mol. The number of hydrogen-bond acceptors (Lipinski definition) is 4. The minimum absolute atomic E-state index is 0.0545. The summed E-state index contributed by atoms with van der Waals surface area (Å²) in [5.41, 5.74) is -0.273. The van der Waals surface area contributed by atoms with Crippen molar-refractivity contribution in [1.82, 2.24) is 19.8 Å². The number of nitrogens with one attached hydrogen (secondary N) is 1. The molecule has 7 heteroatoms. The van der Waals surface area contributed by atoms with Gasteiger partial charge in [0.2, 0.25) is 11.8 Å². The van der Waals surface area contributed by atoms with Crippen molar-refractivity contribution in [1.29, 1.82) is 0 Å². The summed E-state index contributed by atoms with van der Waals surface area (Å²) >= 11 is 0. The molecule has 2 aliphatic rings. The van der Waals surface area contributed by atoms with Crippen LogP contribution in [0.1, 0.15) is 32.0 Å². The van der Waals surface area contributed by atoms with Crippen LogP contribution in [0.2, 0.25) is 0 Å². The molecule has 2 saturated heterocycles. The van der Waals surface area contributed by atoms with Gasteiger partial charge in [0.25, 0.3) is 0 Å². The lowest BCUT2D eigenvalue weighted by Crippen LogP contribution is -2.58. The Kier molecular flexibility index (Phi) is 4.66. The second kappa shape index (κ2) is 6.70. The van der Waals surface area contributed by atoms with Crippen LogP contribution < -0.4 is 5.32 Å². The Bertz CT molecular complexity index is 564. The van der Waals surface area contributed by atoms with E-state index >= 15 is 0 Å². The van der Waals surface area contributed by atoms with Crippen LogP contribution >= 0.6 is 0 Å². The number of carbonyl (C=O) groups is 2. The maximum Gasteiger partial charge on any atom is 0.246 e. The Morgan fingerprint density at radius 2 is 2.22 bits per heavy atom. The smallest absolute Gasteiger partial charge is 0.246 e. The molecule has 0 saturated carbocycles. The highest BCUT2D eigenvalue weighted by Gasteiger charge is 2.39. The highest BCUT2D eigenvalue weighted by Crippen LogP contribution is 2.27. The van der Waals surface area contributed by atoms with Crippen LogP contribution in [0.25, 0.3) is 0 Å². The SMILES string of the molecule is CCc1nccn1CCC(=O)N1CCC2(CC1)CNC(=O)CO2. The molecule has 0 aliphatic carbocycles. The molecular weight excluding hydrogens is 296 g/mol. The van der Waals surface area contributed by atoms with E-state index in [1.54, 1.807) is 6.20 Å². The molecule has 0 unspecified atom stereocenters. The van der Waals surface area contributed by atoms with Crippen LogP contribution in [0, 0.1) is 0 Å². The van der Waals surface area contributed by atoms with E-state index < -0.39 is 0 Å². The van der Waals surface area contributed by atoms with Gasteiger partial charge in [-0.25, -0.2) is 4.98 Å². The molecule has 1 aromatic rings. The van der Waals surface area contributed by atoms with E-state index in [2.05, 4.69) is 17.2 Å². The van der Waals surface area contributed by atoms with Crippen LogP contribution in [0.5, 0.6) is 0 Å². The molecule has 1 N–H and O–H groups in total. The average molecular weight is 320 g/mol. The molecule has 0 aromatic carbocycles. The fourth-order valence-corrected chi connectivity index (χ4v) is 3.30. The molecule has 1 aromatic heterocycles. The van der Waals surface area contributed by atoms with Gasteiger partial charge in [0.05, 0.1) is 5.60 Å². The maximum absolute atomic E-state index is 12.4. The van der Waals surface area contributed by atoms with Crippen molar-refractivity contribution >= 4 is 11.8 Å². The normalized spacial score (nSPS) is 20.6. The molecular formula is C16H24N4O3. The van der Waals surface area contributed by atoms with Crippen molar-refractivity contribution in [3.05, 3.63) is 18.2 Å². The molecule has 126 valence electrons. The summed E-state index contributed by atoms with van der Waals surface area (Å²) in [5.74, 6) is 1.14. The number of imidazole rings is 1. The van der Waals surface area contributed by atoms with Gasteiger partial charge in [0, 0.05) is 51.4 Å². The van der Waals surface area contributed by atoms with E-state index in [0.29, 0.717) is 32.6 Å². The van der Waals surface area contributed by atoms with Crippen LogP contribution in [0.15, 0.2) is 12.4 Å². The minimum Gasteiger partial charge on any atom is -0.363 e. The van der Waals surface area contributed by atoms with Gasteiger partial charge < -0.3 is 19.5 Å². The predicted octanol–water partition coefficient (Wildman–Crippen LogP) is 0.343. The number of hydrogen-bond donors (Lipinski definition) is 1. The van der Waals surface area contributed by atoms with Gasteiger partial charge in [0.1, 0.15) is 12.4 Å². The van der Waals surface area contributed by atoms with E-state index in [-0.39, 0.29) is 24.0 Å². The third kappa shape index (κ3) is 3.55. The Labute approximate surface area is 136 Å². The van der Waals surface area contributed by atoms with E-state index in [1.165, 1.54) is 0 Å². The summed E-state index contributed by atoms with van der Waals surface area (Å²) in [6.45, 7) is 4.82. The molecule has 0 bridgehead atoms. The van der Waals surface area contributed by atoms with Crippen molar-refractivity contribution in [3.8, 4) is 0 Å². The molecule has 1 spiro atoms. The van der Waals surface area contributed by atoms with Crippen molar-refractivity contribution in [2.75, 3.05) is 26.2 Å². The van der Waals surface area contributed by atoms with E-state index in [0.717, 1.165) is 25.1 Å². The van der Waals surface area contributed by atoms with Crippen LogP contribution in [-0.2, 0) is 27.3 Å². The number of carbonyl (C=O) groups excluding carboxylic acids is 2. The molecule has 3 rings (SSSR count). The second-order valence-electron chi connectivity index (χ2n) is 6.27. The fraction of sp³-hybridized carbons (Fsp3) is 0.688. The van der Waals surface area contributed by atoms with Crippen molar-refractivity contribution in [2.24, 2.45) is 0 Å². The number of morpholine rings is 1. The number of likely N-dealkylation sites (tertiary alicyclic amines) is 1. The average Bonchev–Trinajstić information content (AvgIpc) is 3.04. The van der Waals surface area contributed by atoms with Gasteiger partial charge in [-0.3, -0.25) is 9.59 Å². The molecule has 0 atom stereocenters. The summed E-state index contributed by atoms with van der Waals surface area (Å²) in [4.78, 5) is 29.8. The Balaban J connectivity index is 1.48. The standard InChI is InChI=1S/C16H24N4O3/c1-2-13-17-6-10-19(13)7-3-15(22)20-8-4-16(5-9-20)12-18-14(21)11-23-16/h6,10H,2-5,7-9,11-12H2,1H3,(H,18,21). The summed E-state index contributed by atoms with van der Waals surface area (Å²) in [6, 6.07) is 0. The van der Waals surface area contributed by atoms with E-state index in [4.69, 9.17) is 4.74 Å². The van der Waals surface area contributed by atoms with Gasteiger partial charge in [-0.15, -0.1) is 0 Å². The second-order valence-corrected chi connectivity index (χ2v) is 6.27. The zero-order valence-electron chi connectivity index (χ0n) is 13.6. The first-order valence-electron chi connectivity index (χ1n) is 8.30. The third-order valence-corrected chi connectivity index (χ3v) is 4.83. The zero-order chi connectivity index (χ0) is 16.3. The number of nitrogens with zero attached hydrogens (tertiary/aromatic N) is 3. The van der Waals surface area contributed by atoms with Gasteiger partial charge in [0.15, 0.2) is 0 Å². The summed E-state index contributed by atoms with van der Waals surface area (Å²) < 4.78 is 7.78. The Hall–Kier alpha value is -1.89. The highest BCUT2D eigenvalue weighted by molar-refractivity contribution is 5.78. The van der Waals surface area contributed by atoms with E-state index in [1.807, 2.05) is 15.7 Å². The van der Waals surface area contributed by atoms with Crippen LogP contribution in [-0.4, -0.2) is 58.1 Å². The molecule has 0 radical (unpaired) electrons. The first-order chi connectivity index (χ1) is 11.1. The molecule has 7 nitrogen and oxygen atoms in total. The Morgan fingerprint density at radius 3 is 2.87 bits per heavy atom. The molecule has 2 aliphatic heterocycles. The zero-order valence-corrected chi connectivity index (χ0v) is 13.6. The third-order valence-electron chi connectivity index (χ3n) is 4.83. The van der Waals surface area contributed by atoms with Gasteiger partial charge in [-0.05, 0) is 12.8 Å². The van der Waals surface area contributed by atoms with Crippen molar-refractivity contribution < 1.29 is 14.3 Å². The lowest BCUT2D eigenvalue weighted by molar-refractivity contribution is -0.154. The largest absolute Gasteiger partial charge is 0.363 e. The van der Waals surface area contributed by atoms with Gasteiger partial charge >= 0.3 is 0 Å². The highest BCUT2D eigenvalue weighted by atomic mass is 16.5. The number of rotatable bonds is 4. The molecule has 2 amide bonds. The van der Waals surface area contributed by atoms with Gasteiger partial charge in [-0.2, -0.15) is 0 Å². The number of amides is 2. The molecule has 3 heterocycles. The quantitative estimate of drug-likeness (QED) is 0.868. The maximum atomic E-state index is 12.4. The monoisotopic (exact) mass is 320 g/mol. The van der Waals surface area contributed by atoms with Crippen LogP contribution in [0.4, 0.5) is 0 Å². The number of aryl methyl sites for hydroxylation is 2. The first kappa shape index (κ1) is 16.0. The number of piperidine rings is 1. The summed E-state index contributed by atoms with van der Waals surface area (Å²) in [6.07, 6.45) is 6.64. The lowest BCUT2D eigenvalue weighted by atomic mass is 9.90. The topological polar surface area (TPSA) is 76.5 Å².